The maximum Gasteiger partial charge on any atom is 0.0444 e. The Bertz CT molecular complexity index is 650. The van der Waals surface area contributed by atoms with Crippen molar-refractivity contribution in [3.63, 3.8) is 0 Å². The molecule has 0 radical (unpaired) electrons. The molecule has 1 aromatic carbocycles. The first kappa shape index (κ1) is 18.4. The Morgan fingerprint density at radius 3 is 2.69 bits per heavy atom. The molecule has 1 saturated carbocycles. The van der Waals surface area contributed by atoms with Gasteiger partial charge in [-0.25, -0.2) is 0 Å². The molecule has 3 heteroatoms. The summed E-state index contributed by atoms with van der Waals surface area (Å²) in [5, 5.41) is 0.827. The van der Waals surface area contributed by atoms with E-state index in [2.05, 4.69) is 41.6 Å². The first-order chi connectivity index (χ1) is 12.6. The van der Waals surface area contributed by atoms with Crippen LogP contribution in [0, 0.1) is 5.92 Å². The second-order valence-corrected chi connectivity index (χ2v) is 9.10. The van der Waals surface area contributed by atoms with Gasteiger partial charge in [-0.2, -0.15) is 0 Å². The van der Waals surface area contributed by atoms with E-state index in [9.17, 15) is 0 Å². The molecule has 2 aliphatic heterocycles. The van der Waals surface area contributed by atoms with Gasteiger partial charge in [0.25, 0.3) is 0 Å². The molecule has 0 aromatic heterocycles. The molecule has 26 heavy (non-hydrogen) atoms. The largest absolute Gasteiger partial charge is 0.371 e. The topological polar surface area (TPSA) is 6.48 Å². The lowest BCUT2D eigenvalue weighted by atomic mass is 9.86. The van der Waals surface area contributed by atoms with Crippen LogP contribution in [0.3, 0.4) is 0 Å². The van der Waals surface area contributed by atoms with E-state index in [-0.39, 0.29) is 0 Å². The van der Waals surface area contributed by atoms with E-state index >= 15 is 0 Å². The van der Waals surface area contributed by atoms with Gasteiger partial charge in [0, 0.05) is 41.4 Å². The third-order valence-electron chi connectivity index (χ3n) is 7.15. The number of rotatable bonds is 3. The van der Waals surface area contributed by atoms with Crippen LogP contribution in [-0.2, 0) is 0 Å². The summed E-state index contributed by atoms with van der Waals surface area (Å²) in [4.78, 5) is 5.21. The van der Waals surface area contributed by atoms with E-state index in [1.54, 1.807) is 0 Å². The third kappa shape index (κ3) is 3.68. The SMILES string of the molecule is C=C1c2cc(Cl)ccc2N(CCC2CCCCC2)CCC2CCC1N2C. The fourth-order valence-corrected chi connectivity index (χ4v) is 5.64. The van der Waals surface area contributed by atoms with E-state index in [0.29, 0.717) is 12.1 Å². The highest BCUT2D eigenvalue weighted by molar-refractivity contribution is 6.30. The number of halogens is 1. The van der Waals surface area contributed by atoms with Crippen LogP contribution >= 0.6 is 11.6 Å². The molecule has 2 fully saturated rings. The van der Waals surface area contributed by atoms with Gasteiger partial charge >= 0.3 is 0 Å². The molecule has 2 heterocycles. The van der Waals surface area contributed by atoms with Crippen molar-refractivity contribution in [1.29, 1.82) is 0 Å². The minimum Gasteiger partial charge on any atom is -0.371 e. The Morgan fingerprint density at radius 2 is 1.88 bits per heavy atom. The van der Waals surface area contributed by atoms with Crippen molar-refractivity contribution in [2.24, 2.45) is 5.92 Å². The van der Waals surface area contributed by atoms with Crippen LogP contribution in [0.4, 0.5) is 5.69 Å². The molecule has 0 amide bonds. The molecule has 4 rings (SSSR count). The molecule has 142 valence electrons. The normalized spacial score (nSPS) is 27.8. The van der Waals surface area contributed by atoms with E-state index in [0.717, 1.165) is 17.5 Å². The summed E-state index contributed by atoms with van der Waals surface area (Å²) in [7, 11) is 2.29. The first-order valence-electron chi connectivity index (χ1n) is 10.6. The Balaban J connectivity index is 1.60. The van der Waals surface area contributed by atoms with Crippen LogP contribution in [0.5, 0.6) is 0 Å². The van der Waals surface area contributed by atoms with Gasteiger partial charge in [-0.05, 0) is 62.4 Å². The van der Waals surface area contributed by atoms with E-state index in [1.165, 1.54) is 81.2 Å². The van der Waals surface area contributed by atoms with Gasteiger partial charge in [-0.15, -0.1) is 0 Å². The number of hydrogen-bond donors (Lipinski definition) is 0. The molecular formula is C23H33ClN2. The minimum atomic E-state index is 0.468. The third-order valence-corrected chi connectivity index (χ3v) is 7.39. The van der Waals surface area contributed by atoms with Crippen molar-refractivity contribution in [2.75, 3.05) is 25.0 Å². The highest BCUT2D eigenvalue weighted by Crippen LogP contribution is 2.40. The van der Waals surface area contributed by atoms with Crippen molar-refractivity contribution in [3.8, 4) is 0 Å². The van der Waals surface area contributed by atoms with Crippen LogP contribution in [0.2, 0.25) is 5.02 Å². The average Bonchev–Trinajstić information content (AvgIpc) is 3.03. The summed E-state index contributed by atoms with van der Waals surface area (Å²) >= 11 is 6.39. The summed E-state index contributed by atoms with van der Waals surface area (Å²) in [6.07, 6.45) is 12.3. The number of hydrogen-bond acceptors (Lipinski definition) is 2. The van der Waals surface area contributed by atoms with Crippen LogP contribution in [0.1, 0.15) is 63.4 Å². The van der Waals surface area contributed by atoms with Gasteiger partial charge in [-0.3, -0.25) is 4.90 Å². The minimum absolute atomic E-state index is 0.468. The standard InChI is InChI=1S/C23H33ClN2/c1-17-21-16-19(24)8-10-23(21)26(14-12-18-6-4-3-5-7-18)15-13-20-9-11-22(17)25(20)2/h8,10,16,18,20,22H,1,3-7,9,11-15H2,2H3. The summed E-state index contributed by atoms with van der Waals surface area (Å²) in [6, 6.07) is 7.61. The second kappa shape index (κ2) is 7.94. The molecule has 2 bridgehead atoms. The molecule has 1 saturated heterocycles. The van der Waals surface area contributed by atoms with Gasteiger partial charge in [0.2, 0.25) is 0 Å². The van der Waals surface area contributed by atoms with E-state index in [4.69, 9.17) is 11.6 Å². The molecular weight excluding hydrogens is 340 g/mol. The lowest BCUT2D eigenvalue weighted by molar-refractivity contribution is 0.266. The molecule has 1 aromatic rings. The van der Waals surface area contributed by atoms with Crippen LogP contribution in [0.25, 0.3) is 5.57 Å². The predicted octanol–water partition coefficient (Wildman–Crippen LogP) is 6.00. The smallest absolute Gasteiger partial charge is 0.0444 e. The molecule has 2 unspecified atom stereocenters. The van der Waals surface area contributed by atoms with Crippen molar-refractivity contribution in [3.05, 3.63) is 35.4 Å². The van der Waals surface area contributed by atoms with E-state index < -0.39 is 0 Å². The zero-order valence-corrected chi connectivity index (χ0v) is 17.0. The Kier molecular flexibility index (Phi) is 5.61. The monoisotopic (exact) mass is 372 g/mol. The van der Waals surface area contributed by atoms with Gasteiger partial charge in [0.05, 0.1) is 0 Å². The van der Waals surface area contributed by atoms with Crippen molar-refractivity contribution < 1.29 is 0 Å². The average molecular weight is 373 g/mol. The van der Waals surface area contributed by atoms with Crippen LogP contribution in [0.15, 0.2) is 24.8 Å². The summed E-state index contributed by atoms with van der Waals surface area (Å²) in [5.74, 6) is 0.925. The fraction of sp³-hybridized carbons (Fsp3) is 0.652. The lowest BCUT2D eigenvalue weighted by Gasteiger charge is -2.31. The number of likely N-dealkylation sites (N-methyl/N-ethyl adjacent to an activating group) is 1. The maximum atomic E-state index is 6.39. The Hall–Kier alpha value is -0.990. The number of anilines is 1. The number of nitrogens with zero attached hydrogens (tertiary/aromatic N) is 2. The van der Waals surface area contributed by atoms with Crippen LogP contribution < -0.4 is 4.90 Å². The second-order valence-electron chi connectivity index (χ2n) is 8.67. The Morgan fingerprint density at radius 1 is 1.08 bits per heavy atom. The molecule has 2 nitrogen and oxygen atoms in total. The Labute approximate surface area is 164 Å². The molecule has 3 aliphatic rings. The number of benzene rings is 1. The predicted molar refractivity (Wildman–Crippen MR) is 113 cm³/mol. The molecule has 1 aliphatic carbocycles. The van der Waals surface area contributed by atoms with Gasteiger partial charge in [0.1, 0.15) is 0 Å². The lowest BCUT2D eigenvalue weighted by Crippen LogP contribution is -2.34. The molecule has 0 spiro atoms. The summed E-state index contributed by atoms with van der Waals surface area (Å²) in [5.41, 5.74) is 3.90. The molecule has 2 atom stereocenters. The van der Waals surface area contributed by atoms with Gasteiger partial charge < -0.3 is 4.90 Å². The van der Waals surface area contributed by atoms with Crippen molar-refractivity contribution in [1.82, 2.24) is 4.90 Å². The van der Waals surface area contributed by atoms with E-state index in [1.807, 2.05) is 0 Å². The first-order valence-corrected chi connectivity index (χ1v) is 11.0. The highest BCUT2D eigenvalue weighted by atomic mass is 35.5. The summed E-state index contributed by atoms with van der Waals surface area (Å²) in [6.45, 7) is 6.85. The van der Waals surface area contributed by atoms with Gasteiger partial charge in [0.15, 0.2) is 0 Å². The zero-order valence-electron chi connectivity index (χ0n) is 16.2. The fourth-order valence-electron chi connectivity index (χ4n) is 5.47. The molecule has 0 N–H and O–H groups in total. The summed E-state index contributed by atoms with van der Waals surface area (Å²) < 4.78 is 0. The highest BCUT2D eigenvalue weighted by Gasteiger charge is 2.35. The van der Waals surface area contributed by atoms with Gasteiger partial charge in [-0.1, -0.05) is 50.3 Å². The van der Waals surface area contributed by atoms with Crippen LogP contribution in [-0.4, -0.2) is 37.1 Å². The maximum absolute atomic E-state index is 6.39. The zero-order chi connectivity index (χ0) is 18.1. The quantitative estimate of drug-likeness (QED) is 0.642. The number of fused-ring (bicyclic) bond motifs is 3. The van der Waals surface area contributed by atoms with Crippen molar-refractivity contribution >= 4 is 22.9 Å². The van der Waals surface area contributed by atoms with Crippen molar-refractivity contribution in [2.45, 2.75) is 69.9 Å².